The maximum absolute atomic E-state index is 12.1. The molecule has 0 aromatic carbocycles. The van der Waals surface area contributed by atoms with Gasteiger partial charge in [-0.05, 0) is 19.1 Å². The third-order valence-electron chi connectivity index (χ3n) is 2.78. The van der Waals surface area contributed by atoms with E-state index >= 15 is 0 Å². The number of carbonyl (C=O) groups excluding carboxylic acids is 2. The van der Waals surface area contributed by atoms with Crippen LogP contribution in [0, 0.1) is 0 Å². The van der Waals surface area contributed by atoms with Gasteiger partial charge in [-0.2, -0.15) is 5.10 Å². The number of rotatable bonds is 5. The normalized spacial score (nSPS) is 10.3. The molecule has 0 saturated carbocycles. The van der Waals surface area contributed by atoms with E-state index in [9.17, 15) is 9.59 Å². The molecular weight excluding hydrogens is 258 g/mol. The highest BCUT2D eigenvalue weighted by Crippen LogP contribution is 2.13. The van der Waals surface area contributed by atoms with Crippen LogP contribution in [0.15, 0.2) is 30.7 Å². The molecule has 0 aliphatic heterocycles. The predicted molar refractivity (Wildman–Crippen MR) is 73.6 cm³/mol. The van der Waals surface area contributed by atoms with Gasteiger partial charge in [-0.25, -0.2) is 0 Å². The lowest BCUT2D eigenvalue weighted by molar-refractivity contribution is -0.120. The van der Waals surface area contributed by atoms with E-state index in [4.69, 9.17) is 0 Å². The average molecular weight is 275 g/mol. The molecule has 7 nitrogen and oxygen atoms in total. The summed E-state index contributed by atoms with van der Waals surface area (Å²) in [5.41, 5.74) is 0.424. The molecule has 0 radical (unpaired) electrons. The lowest BCUT2D eigenvalue weighted by Gasteiger charge is -2.08. The second-order valence-electron chi connectivity index (χ2n) is 4.23. The van der Waals surface area contributed by atoms with Crippen molar-refractivity contribution in [3.8, 4) is 5.82 Å². The molecule has 2 rings (SSSR count). The van der Waals surface area contributed by atoms with E-state index in [1.165, 1.54) is 6.20 Å². The summed E-state index contributed by atoms with van der Waals surface area (Å²) in [4.78, 5) is 23.5. The van der Waals surface area contributed by atoms with E-state index in [0.29, 0.717) is 17.9 Å². The van der Waals surface area contributed by atoms with Gasteiger partial charge in [0.2, 0.25) is 5.91 Å². The average Bonchev–Trinajstić information content (AvgIpc) is 3.05. The number of likely N-dealkylation sites (N-methyl/N-ethyl adjacent to an activating group) is 1. The number of amides is 2. The molecule has 7 heteroatoms. The van der Waals surface area contributed by atoms with Crippen LogP contribution >= 0.6 is 0 Å². The lowest BCUT2D eigenvalue weighted by atomic mass is 10.3. The molecule has 0 fully saturated rings. The van der Waals surface area contributed by atoms with Crippen molar-refractivity contribution in [3.63, 3.8) is 0 Å². The Morgan fingerprint density at radius 2 is 1.95 bits per heavy atom. The molecule has 0 spiro atoms. The molecule has 0 bridgehead atoms. The summed E-state index contributed by atoms with van der Waals surface area (Å²) in [5.74, 6) is 0.115. The summed E-state index contributed by atoms with van der Waals surface area (Å²) in [7, 11) is 1.76. The van der Waals surface area contributed by atoms with Crippen LogP contribution in [0.5, 0.6) is 0 Å². The molecule has 2 aromatic rings. The van der Waals surface area contributed by atoms with Crippen LogP contribution in [0.4, 0.5) is 0 Å². The third kappa shape index (κ3) is 2.87. The van der Waals surface area contributed by atoms with Crippen LogP contribution in [0.1, 0.15) is 17.3 Å². The minimum absolute atomic E-state index is 0.0489. The van der Waals surface area contributed by atoms with E-state index in [2.05, 4.69) is 15.7 Å². The van der Waals surface area contributed by atoms with Crippen LogP contribution in [0.2, 0.25) is 0 Å². The number of hydrogen-bond donors (Lipinski definition) is 2. The second kappa shape index (κ2) is 6.05. The molecule has 0 aliphatic carbocycles. The first-order valence-electron chi connectivity index (χ1n) is 6.33. The summed E-state index contributed by atoms with van der Waals surface area (Å²) < 4.78 is 3.41. The topological polar surface area (TPSA) is 81.0 Å². The van der Waals surface area contributed by atoms with Crippen molar-refractivity contribution in [2.24, 2.45) is 7.05 Å². The summed E-state index contributed by atoms with van der Waals surface area (Å²) in [6.45, 7) is 2.31. The predicted octanol–water partition coefficient (Wildman–Crippen LogP) is 0.0767. The molecule has 20 heavy (non-hydrogen) atoms. The number of carbonyl (C=O) groups is 2. The van der Waals surface area contributed by atoms with Crippen LogP contribution < -0.4 is 10.6 Å². The van der Waals surface area contributed by atoms with Crippen molar-refractivity contribution < 1.29 is 9.59 Å². The van der Waals surface area contributed by atoms with Crippen molar-refractivity contribution in [2.75, 3.05) is 13.1 Å². The second-order valence-corrected chi connectivity index (χ2v) is 4.23. The molecular formula is C13H17N5O2. The van der Waals surface area contributed by atoms with Crippen LogP contribution in [-0.4, -0.2) is 39.3 Å². The SMILES string of the molecule is CCNC(=O)CNC(=O)c1cnn(C)c1-n1cccc1. The zero-order chi connectivity index (χ0) is 14.5. The number of aryl methyl sites for hydroxylation is 1. The summed E-state index contributed by atoms with van der Waals surface area (Å²) in [5, 5.41) is 9.29. The van der Waals surface area contributed by atoms with Crippen molar-refractivity contribution >= 4 is 11.8 Å². The smallest absolute Gasteiger partial charge is 0.257 e. The lowest BCUT2D eigenvalue weighted by Crippen LogP contribution is -2.37. The van der Waals surface area contributed by atoms with Gasteiger partial charge in [0, 0.05) is 26.0 Å². The van der Waals surface area contributed by atoms with Gasteiger partial charge < -0.3 is 15.2 Å². The van der Waals surface area contributed by atoms with Gasteiger partial charge in [0.05, 0.1) is 12.7 Å². The van der Waals surface area contributed by atoms with E-state index in [1.807, 2.05) is 31.5 Å². The fraction of sp³-hybridized carbons (Fsp3) is 0.308. The highest BCUT2D eigenvalue weighted by Gasteiger charge is 2.17. The summed E-state index contributed by atoms with van der Waals surface area (Å²) >= 11 is 0. The van der Waals surface area contributed by atoms with E-state index in [0.717, 1.165) is 0 Å². The van der Waals surface area contributed by atoms with Gasteiger partial charge in [-0.15, -0.1) is 0 Å². The van der Waals surface area contributed by atoms with Gasteiger partial charge in [-0.1, -0.05) is 0 Å². The molecule has 2 amide bonds. The summed E-state index contributed by atoms with van der Waals surface area (Å²) in [6, 6.07) is 3.73. The Morgan fingerprint density at radius 1 is 1.25 bits per heavy atom. The molecule has 0 unspecified atom stereocenters. The number of hydrogen-bond acceptors (Lipinski definition) is 3. The van der Waals surface area contributed by atoms with Gasteiger partial charge >= 0.3 is 0 Å². The van der Waals surface area contributed by atoms with Crippen molar-refractivity contribution in [2.45, 2.75) is 6.92 Å². The molecule has 2 heterocycles. The van der Waals surface area contributed by atoms with Crippen molar-refractivity contribution in [1.82, 2.24) is 25.0 Å². The zero-order valence-corrected chi connectivity index (χ0v) is 11.5. The molecule has 0 aliphatic rings. The number of nitrogens with zero attached hydrogens (tertiary/aromatic N) is 3. The minimum Gasteiger partial charge on any atom is -0.355 e. The molecule has 0 atom stereocenters. The highest BCUT2D eigenvalue weighted by atomic mass is 16.2. The fourth-order valence-corrected chi connectivity index (χ4v) is 1.89. The van der Waals surface area contributed by atoms with Gasteiger partial charge in [0.15, 0.2) is 0 Å². The Balaban J connectivity index is 2.13. The van der Waals surface area contributed by atoms with Crippen molar-refractivity contribution in [1.29, 1.82) is 0 Å². The first-order chi connectivity index (χ1) is 9.63. The summed E-state index contributed by atoms with van der Waals surface area (Å²) in [6.07, 6.45) is 5.15. The highest BCUT2D eigenvalue weighted by molar-refractivity contribution is 5.98. The van der Waals surface area contributed by atoms with Gasteiger partial charge in [-0.3, -0.25) is 14.3 Å². The van der Waals surface area contributed by atoms with E-state index < -0.39 is 0 Å². The van der Waals surface area contributed by atoms with Crippen LogP contribution in [-0.2, 0) is 11.8 Å². The van der Waals surface area contributed by atoms with Crippen LogP contribution in [0.3, 0.4) is 0 Å². The number of aromatic nitrogens is 3. The van der Waals surface area contributed by atoms with Crippen LogP contribution in [0.25, 0.3) is 5.82 Å². The van der Waals surface area contributed by atoms with Crippen molar-refractivity contribution in [3.05, 3.63) is 36.3 Å². The molecule has 0 saturated heterocycles. The first-order valence-corrected chi connectivity index (χ1v) is 6.33. The standard InChI is InChI=1S/C13H17N5O2/c1-3-14-11(19)9-15-12(20)10-8-16-17(2)13(10)18-6-4-5-7-18/h4-8H,3,9H2,1-2H3,(H,14,19)(H,15,20). The molecule has 2 aromatic heterocycles. The molecule has 2 N–H and O–H groups in total. The van der Waals surface area contributed by atoms with E-state index in [-0.39, 0.29) is 18.4 Å². The van der Waals surface area contributed by atoms with Gasteiger partial charge in [0.25, 0.3) is 5.91 Å². The maximum Gasteiger partial charge on any atom is 0.257 e. The Morgan fingerprint density at radius 3 is 2.60 bits per heavy atom. The zero-order valence-electron chi connectivity index (χ0n) is 11.5. The number of nitrogens with one attached hydrogen (secondary N) is 2. The van der Waals surface area contributed by atoms with Gasteiger partial charge in [0.1, 0.15) is 11.4 Å². The Kier molecular flexibility index (Phi) is 4.19. The monoisotopic (exact) mass is 275 g/mol. The Bertz CT molecular complexity index is 600. The van der Waals surface area contributed by atoms with E-state index in [1.54, 1.807) is 16.3 Å². The third-order valence-corrected chi connectivity index (χ3v) is 2.78. The fourth-order valence-electron chi connectivity index (χ4n) is 1.89. The Hall–Kier alpha value is -2.57. The Labute approximate surface area is 116 Å². The first kappa shape index (κ1) is 13.9. The largest absolute Gasteiger partial charge is 0.355 e. The quantitative estimate of drug-likeness (QED) is 0.810. The minimum atomic E-state index is -0.326. The molecule has 106 valence electrons. The maximum atomic E-state index is 12.1.